The second kappa shape index (κ2) is 1.03. The fourth-order valence-electron chi connectivity index (χ4n) is 1.17. The van der Waals surface area contributed by atoms with Gasteiger partial charge in [0.1, 0.15) is 0 Å². The van der Waals surface area contributed by atoms with Crippen molar-refractivity contribution in [2.24, 2.45) is 11.8 Å². The lowest BCUT2D eigenvalue weighted by molar-refractivity contribution is 0.380. The van der Waals surface area contributed by atoms with Crippen molar-refractivity contribution in [3.05, 3.63) is 0 Å². The molecule has 1 nitrogen and oxygen atoms in total. The summed E-state index contributed by atoms with van der Waals surface area (Å²) in [5, 5.41) is 0. The molecule has 1 heterocycles. The maximum Gasteiger partial charge on any atom is 0.0840 e. The van der Waals surface area contributed by atoms with Crippen molar-refractivity contribution in [1.29, 1.82) is 0 Å². The zero-order valence-corrected chi connectivity index (χ0v) is 4.55. The highest BCUT2D eigenvalue weighted by atomic mass is 16.6. The van der Waals surface area contributed by atoms with Crippen LogP contribution in [0.25, 0.3) is 0 Å². The highest BCUT2D eigenvalue weighted by Gasteiger charge is 2.45. The van der Waals surface area contributed by atoms with E-state index in [2.05, 4.69) is 6.92 Å². The van der Waals surface area contributed by atoms with E-state index >= 15 is 0 Å². The van der Waals surface area contributed by atoms with E-state index in [4.69, 9.17) is 4.74 Å². The molecule has 2 rings (SSSR count). The third-order valence-electron chi connectivity index (χ3n) is 2.01. The third kappa shape index (κ3) is 0.556. The fourth-order valence-corrected chi connectivity index (χ4v) is 1.17. The molecule has 1 saturated carbocycles. The summed E-state index contributed by atoms with van der Waals surface area (Å²) >= 11 is 0. The lowest BCUT2D eigenvalue weighted by Gasteiger charge is -1.79. The summed E-state index contributed by atoms with van der Waals surface area (Å²) in [5.41, 5.74) is 0. The third-order valence-corrected chi connectivity index (χ3v) is 2.01. The molecular weight excluding hydrogens is 88.1 g/mol. The van der Waals surface area contributed by atoms with Crippen LogP contribution in [0.2, 0.25) is 0 Å². The monoisotopic (exact) mass is 98.1 g/mol. The van der Waals surface area contributed by atoms with Gasteiger partial charge in [0.05, 0.1) is 12.7 Å². The van der Waals surface area contributed by atoms with E-state index in [9.17, 15) is 0 Å². The molecule has 1 heteroatoms. The number of rotatable bonds is 1. The van der Waals surface area contributed by atoms with Crippen molar-refractivity contribution in [3.63, 3.8) is 0 Å². The number of epoxide rings is 1. The second-order valence-electron chi connectivity index (χ2n) is 2.75. The van der Waals surface area contributed by atoms with E-state index < -0.39 is 0 Å². The summed E-state index contributed by atoms with van der Waals surface area (Å²) in [5.74, 6) is 1.94. The molecule has 7 heavy (non-hydrogen) atoms. The Labute approximate surface area is 43.7 Å². The van der Waals surface area contributed by atoms with E-state index in [0.29, 0.717) is 6.10 Å². The van der Waals surface area contributed by atoms with Crippen LogP contribution in [0.1, 0.15) is 13.3 Å². The molecule has 0 amide bonds. The van der Waals surface area contributed by atoms with Crippen LogP contribution in [-0.4, -0.2) is 12.7 Å². The first kappa shape index (κ1) is 3.90. The van der Waals surface area contributed by atoms with E-state index in [1.807, 2.05) is 0 Å². The Morgan fingerprint density at radius 3 is 2.29 bits per heavy atom. The molecule has 1 aliphatic heterocycles. The van der Waals surface area contributed by atoms with Gasteiger partial charge in [-0.3, -0.25) is 0 Å². The normalized spacial score (nSPS) is 57.0. The smallest absolute Gasteiger partial charge is 0.0840 e. The highest BCUT2D eigenvalue weighted by Crippen LogP contribution is 2.45. The van der Waals surface area contributed by atoms with Crippen molar-refractivity contribution < 1.29 is 4.74 Å². The van der Waals surface area contributed by atoms with Gasteiger partial charge in [0.2, 0.25) is 0 Å². The van der Waals surface area contributed by atoms with Crippen LogP contribution in [-0.2, 0) is 4.74 Å². The van der Waals surface area contributed by atoms with Gasteiger partial charge in [-0.1, -0.05) is 6.92 Å². The van der Waals surface area contributed by atoms with Crippen LogP contribution in [0, 0.1) is 11.8 Å². The summed E-state index contributed by atoms with van der Waals surface area (Å²) in [6, 6.07) is 0. The van der Waals surface area contributed by atoms with Gasteiger partial charge in [0, 0.05) is 0 Å². The van der Waals surface area contributed by atoms with Crippen LogP contribution in [0.3, 0.4) is 0 Å². The average Bonchev–Trinajstić information content (AvgIpc) is 2.23. The molecule has 0 radical (unpaired) electrons. The molecule has 0 aromatic heterocycles. The van der Waals surface area contributed by atoms with Crippen LogP contribution in [0.4, 0.5) is 0 Å². The minimum absolute atomic E-state index is 0.690. The number of hydrogen-bond acceptors (Lipinski definition) is 1. The molecule has 1 saturated heterocycles. The largest absolute Gasteiger partial charge is 0.373 e. The first-order valence-corrected chi connectivity index (χ1v) is 2.99. The molecule has 0 bridgehead atoms. The van der Waals surface area contributed by atoms with Crippen molar-refractivity contribution in [1.82, 2.24) is 0 Å². The molecule has 1 aliphatic carbocycles. The van der Waals surface area contributed by atoms with E-state index in [1.54, 1.807) is 0 Å². The minimum atomic E-state index is 0.690. The molecule has 0 aromatic rings. The Bertz CT molecular complexity index is 86.2. The molecule has 3 atom stereocenters. The zero-order chi connectivity index (χ0) is 4.85. The van der Waals surface area contributed by atoms with Gasteiger partial charge >= 0.3 is 0 Å². The molecule has 0 aromatic carbocycles. The number of hydrogen-bond donors (Lipinski definition) is 0. The molecule has 2 fully saturated rings. The molecular formula is C6H10O. The average molecular weight is 98.1 g/mol. The quantitative estimate of drug-likeness (QED) is 0.446. The van der Waals surface area contributed by atoms with Gasteiger partial charge in [0.25, 0.3) is 0 Å². The summed E-state index contributed by atoms with van der Waals surface area (Å²) in [6.45, 7) is 3.35. The highest BCUT2D eigenvalue weighted by molar-refractivity contribution is 4.93. The van der Waals surface area contributed by atoms with Crippen molar-refractivity contribution in [3.8, 4) is 0 Å². The van der Waals surface area contributed by atoms with Crippen LogP contribution < -0.4 is 0 Å². The van der Waals surface area contributed by atoms with Crippen LogP contribution in [0.5, 0.6) is 0 Å². The van der Waals surface area contributed by atoms with Crippen molar-refractivity contribution in [2.45, 2.75) is 19.4 Å². The Balaban J connectivity index is 1.88. The lowest BCUT2D eigenvalue weighted by atomic mass is 10.3. The Kier molecular flexibility index (Phi) is 0.571. The van der Waals surface area contributed by atoms with Gasteiger partial charge in [0.15, 0.2) is 0 Å². The first-order valence-electron chi connectivity index (χ1n) is 2.99. The standard InChI is InChI=1S/C6H10O/c1-4-2-5(4)6-3-7-6/h4-6H,2-3H2,1H3. The van der Waals surface area contributed by atoms with Crippen LogP contribution in [0.15, 0.2) is 0 Å². The van der Waals surface area contributed by atoms with Crippen LogP contribution >= 0.6 is 0 Å². The van der Waals surface area contributed by atoms with Crippen molar-refractivity contribution in [2.75, 3.05) is 6.61 Å². The van der Waals surface area contributed by atoms with E-state index in [-0.39, 0.29) is 0 Å². The van der Waals surface area contributed by atoms with Gasteiger partial charge in [-0.2, -0.15) is 0 Å². The first-order chi connectivity index (χ1) is 3.38. The Morgan fingerprint density at radius 2 is 2.14 bits per heavy atom. The Hall–Kier alpha value is -0.0400. The summed E-state index contributed by atoms with van der Waals surface area (Å²) in [7, 11) is 0. The summed E-state index contributed by atoms with van der Waals surface area (Å²) in [6.07, 6.45) is 2.11. The fraction of sp³-hybridized carbons (Fsp3) is 1.00. The molecule has 2 aliphatic rings. The second-order valence-corrected chi connectivity index (χ2v) is 2.75. The van der Waals surface area contributed by atoms with Gasteiger partial charge in [-0.05, 0) is 18.3 Å². The summed E-state index contributed by atoms with van der Waals surface area (Å²) < 4.78 is 5.10. The predicted octanol–water partition coefficient (Wildman–Crippen LogP) is 1.04. The Morgan fingerprint density at radius 1 is 1.57 bits per heavy atom. The molecule has 40 valence electrons. The predicted molar refractivity (Wildman–Crippen MR) is 27.0 cm³/mol. The molecule has 0 spiro atoms. The molecule has 3 unspecified atom stereocenters. The number of ether oxygens (including phenoxy) is 1. The molecule has 0 N–H and O–H groups in total. The topological polar surface area (TPSA) is 12.5 Å². The van der Waals surface area contributed by atoms with Crippen molar-refractivity contribution >= 4 is 0 Å². The maximum atomic E-state index is 5.10. The van der Waals surface area contributed by atoms with Gasteiger partial charge in [-0.15, -0.1) is 0 Å². The van der Waals surface area contributed by atoms with Gasteiger partial charge < -0.3 is 4.74 Å². The van der Waals surface area contributed by atoms with Gasteiger partial charge in [-0.25, -0.2) is 0 Å². The SMILES string of the molecule is CC1CC1C1CO1. The summed E-state index contributed by atoms with van der Waals surface area (Å²) in [4.78, 5) is 0. The lowest BCUT2D eigenvalue weighted by Crippen LogP contribution is -1.87. The maximum absolute atomic E-state index is 5.10. The van der Waals surface area contributed by atoms with E-state index in [1.165, 1.54) is 6.42 Å². The van der Waals surface area contributed by atoms with E-state index in [0.717, 1.165) is 18.4 Å². The minimum Gasteiger partial charge on any atom is -0.373 e. The zero-order valence-electron chi connectivity index (χ0n) is 4.55.